The Balaban J connectivity index is 1.45. The molecule has 0 aliphatic heterocycles. The van der Waals surface area contributed by atoms with Crippen LogP contribution in [0.25, 0.3) is 72.8 Å². The molecule has 0 atom stereocenters. The molecule has 202 valence electrons. The first kappa shape index (κ1) is 24.9. The number of hydrogen-bond acceptors (Lipinski definition) is 3. The van der Waals surface area contributed by atoms with E-state index in [4.69, 9.17) is 15.0 Å². The topological polar surface area (TPSA) is 43.6 Å². The highest BCUT2D eigenvalue weighted by Gasteiger charge is 2.20. The summed E-state index contributed by atoms with van der Waals surface area (Å²) in [5, 5.41) is 2.33. The number of hydrogen-bond donors (Lipinski definition) is 0. The molecule has 0 unspecified atom stereocenters. The first-order chi connectivity index (χ1) is 21.3. The molecule has 8 aromatic rings. The van der Waals surface area contributed by atoms with Gasteiger partial charge in [0, 0.05) is 21.9 Å². The summed E-state index contributed by atoms with van der Waals surface area (Å²) in [6, 6.07) is 54.4. The maximum atomic E-state index is 5.20. The predicted octanol–water partition coefficient (Wildman–Crippen LogP) is 9.64. The van der Waals surface area contributed by atoms with Crippen LogP contribution in [0.1, 0.15) is 0 Å². The second-order valence-corrected chi connectivity index (χ2v) is 10.5. The van der Waals surface area contributed by atoms with E-state index in [1.165, 1.54) is 0 Å². The highest BCUT2D eigenvalue weighted by Crippen LogP contribution is 2.36. The minimum absolute atomic E-state index is 0.586. The molecule has 43 heavy (non-hydrogen) atoms. The summed E-state index contributed by atoms with van der Waals surface area (Å²) in [5.41, 5.74) is 8.40. The van der Waals surface area contributed by atoms with Crippen molar-refractivity contribution in [1.82, 2.24) is 19.5 Å². The van der Waals surface area contributed by atoms with Crippen molar-refractivity contribution in [3.05, 3.63) is 158 Å². The van der Waals surface area contributed by atoms with Crippen molar-refractivity contribution in [2.75, 3.05) is 0 Å². The molecule has 0 saturated carbocycles. The monoisotopic (exact) mass is 550 g/mol. The molecule has 0 saturated heterocycles. The lowest BCUT2D eigenvalue weighted by Gasteiger charge is -2.15. The minimum atomic E-state index is 0.586. The van der Waals surface area contributed by atoms with E-state index in [1.54, 1.807) is 0 Å². The fraction of sp³-hybridized carbons (Fsp3) is 0. The van der Waals surface area contributed by atoms with Crippen molar-refractivity contribution in [2.24, 2.45) is 0 Å². The van der Waals surface area contributed by atoms with Gasteiger partial charge >= 0.3 is 0 Å². The smallest absolute Gasteiger partial charge is 0.238 e. The third-order valence-electron chi connectivity index (χ3n) is 7.91. The lowest BCUT2D eigenvalue weighted by atomic mass is 9.98. The lowest BCUT2D eigenvalue weighted by molar-refractivity contribution is 0.954. The average Bonchev–Trinajstić information content (AvgIpc) is 3.43. The van der Waals surface area contributed by atoms with Crippen LogP contribution in [-0.2, 0) is 0 Å². The number of rotatable bonds is 5. The summed E-state index contributed by atoms with van der Waals surface area (Å²) < 4.78 is 2.16. The zero-order chi connectivity index (χ0) is 28.6. The Kier molecular flexibility index (Phi) is 6.08. The summed E-state index contributed by atoms with van der Waals surface area (Å²) in [6.45, 7) is 0. The third-order valence-corrected chi connectivity index (χ3v) is 7.91. The van der Waals surface area contributed by atoms with E-state index in [0.717, 1.165) is 55.2 Å². The number of nitrogens with zero attached hydrogens (tertiary/aromatic N) is 4. The fourth-order valence-corrected chi connectivity index (χ4v) is 5.94. The highest BCUT2D eigenvalue weighted by atomic mass is 15.2. The molecular weight excluding hydrogens is 524 g/mol. The van der Waals surface area contributed by atoms with Gasteiger partial charge in [-0.15, -0.1) is 0 Å². The van der Waals surface area contributed by atoms with Gasteiger partial charge in [0.2, 0.25) is 5.95 Å². The second-order valence-electron chi connectivity index (χ2n) is 10.5. The summed E-state index contributed by atoms with van der Waals surface area (Å²) in [6.07, 6.45) is 0. The van der Waals surface area contributed by atoms with Gasteiger partial charge in [-0.1, -0.05) is 146 Å². The van der Waals surface area contributed by atoms with Gasteiger partial charge in [-0.2, -0.15) is 9.97 Å². The first-order valence-corrected chi connectivity index (χ1v) is 14.4. The second kappa shape index (κ2) is 10.5. The zero-order valence-electron chi connectivity index (χ0n) is 23.3. The van der Waals surface area contributed by atoms with Crippen LogP contribution in [0.2, 0.25) is 0 Å². The summed E-state index contributed by atoms with van der Waals surface area (Å²) in [7, 11) is 0. The molecule has 0 bridgehead atoms. The van der Waals surface area contributed by atoms with Crippen molar-refractivity contribution in [2.45, 2.75) is 0 Å². The Hall–Kier alpha value is -5.87. The van der Waals surface area contributed by atoms with Crippen LogP contribution >= 0.6 is 0 Å². The molecule has 2 heterocycles. The van der Waals surface area contributed by atoms with Crippen LogP contribution in [0.5, 0.6) is 0 Å². The molecule has 0 aliphatic rings. The van der Waals surface area contributed by atoms with E-state index in [2.05, 4.69) is 138 Å². The normalized spacial score (nSPS) is 11.3. The standard InChI is InChI=1S/C39H26N4/c1-3-15-27(16-4-1)29-19-7-9-23-33(29)37-40-38(34-24-10-8-20-30(34)28-17-5-2-6-18-28)42-39(41-37)43-35-25-13-11-21-31(35)32-22-12-14-26-36(32)43/h1-26H. The Morgan fingerprint density at radius 3 is 1.16 bits per heavy atom. The van der Waals surface area contributed by atoms with E-state index < -0.39 is 0 Å². The molecular formula is C39H26N4. The van der Waals surface area contributed by atoms with E-state index in [0.29, 0.717) is 17.6 Å². The molecule has 2 aromatic heterocycles. The summed E-state index contributed by atoms with van der Waals surface area (Å²) in [4.78, 5) is 15.6. The van der Waals surface area contributed by atoms with E-state index >= 15 is 0 Å². The molecule has 0 N–H and O–H groups in total. The Morgan fingerprint density at radius 1 is 0.326 bits per heavy atom. The van der Waals surface area contributed by atoms with E-state index in [1.807, 2.05) is 24.3 Å². The van der Waals surface area contributed by atoms with Crippen LogP contribution < -0.4 is 0 Å². The quantitative estimate of drug-likeness (QED) is 0.214. The van der Waals surface area contributed by atoms with Crippen molar-refractivity contribution in [3.8, 4) is 51.0 Å². The van der Waals surface area contributed by atoms with Crippen molar-refractivity contribution < 1.29 is 0 Å². The van der Waals surface area contributed by atoms with Gasteiger partial charge in [0.1, 0.15) is 0 Å². The third kappa shape index (κ3) is 4.37. The number of para-hydroxylation sites is 2. The van der Waals surface area contributed by atoms with Crippen LogP contribution in [0.15, 0.2) is 158 Å². The fourth-order valence-electron chi connectivity index (χ4n) is 5.94. The number of aromatic nitrogens is 4. The lowest BCUT2D eigenvalue weighted by Crippen LogP contribution is -2.07. The van der Waals surface area contributed by atoms with Crippen LogP contribution in [-0.4, -0.2) is 19.5 Å². The summed E-state index contributed by atoms with van der Waals surface area (Å²) in [5.74, 6) is 1.84. The molecule has 8 rings (SSSR count). The molecule has 4 nitrogen and oxygen atoms in total. The van der Waals surface area contributed by atoms with Crippen molar-refractivity contribution in [3.63, 3.8) is 0 Å². The SMILES string of the molecule is c1ccc(-c2ccccc2-c2nc(-c3ccccc3-c3ccccc3)nc(-n3c4ccccc4c4ccccc43)n2)cc1. The maximum Gasteiger partial charge on any atom is 0.238 e. The van der Waals surface area contributed by atoms with Crippen LogP contribution in [0, 0.1) is 0 Å². The summed E-state index contributed by atoms with van der Waals surface area (Å²) >= 11 is 0. The Morgan fingerprint density at radius 2 is 0.698 bits per heavy atom. The Labute approximate surface area is 249 Å². The molecule has 0 spiro atoms. The minimum Gasteiger partial charge on any atom is -0.278 e. The largest absolute Gasteiger partial charge is 0.278 e. The zero-order valence-corrected chi connectivity index (χ0v) is 23.3. The van der Waals surface area contributed by atoms with Gasteiger partial charge in [-0.25, -0.2) is 4.98 Å². The van der Waals surface area contributed by atoms with Crippen LogP contribution in [0.3, 0.4) is 0 Å². The first-order valence-electron chi connectivity index (χ1n) is 14.4. The molecule has 0 radical (unpaired) electrons. The van der Waals surface area contributed by atoms with E-state index in [-0.39, 0.29) is 0 Å². The van der Waals surface area contributed by atoms with Gasteiger partial charge in [0.05, 0.1) is 11.0 Å². The van der Waals surface area contributed by atoms with Crippen LogP contribution in [0.4, 0.5) is 0 Å². The van der Waals surface area contributed by atoms with Gasteiger partial charge in [-0.05, 0) is 34.4 Å². The maximum absolute atomic E-state index is 5.20. The van der Waals surface area contributed by atoms with Crippen molar-refractivity contribution in [1.29, 1.82) is 0 Å². The number of benzene rings is 6. The molecule has 0 fully saturated rings. The number of fused-ring (bicyclic) bond motifs is 3. The molecule has 0 amide bonds. The highest BCUT2D eigenvalue weighted by molar-refractivity contribution is 6.09. The van der Waals surface area contributed by atoms with E-state index in [9.17, 15) is 0 Å². The Bertz CT molecular complexity index is 2080. The van der Waals surface area contributed by atoms with Gasteiger partial charge in [0.15, 0.2) is 11.6 Å². The average molecular weight is 551 g/mol. The molecule has 0 aliphatic carbocycles. The molecule has 6 aromatic carbocycles. The van der Waals surface area contributed by atoms with Crippen molar-refractivity contribution >= 4 is 21.8 Å². The molecule has 4 heteroatoms. The predicted molar refractivity (Wildman–Crippen MR) is 176 cm³/mol. The van der Waals surface area contributed by atoms with Gasteiger partial charge in [-0.3, -0.25) is 4.57 Å². The van der Waals surface area contributed by atoms with Gasteiger partial charge < -0.3 is 0 Å². The van der Waals surface area contributed by atoms with Gasteiger partial charge in [0.25, 0.3) is 0 Å².